The van der Waals surface area contributed by atoms with E-state index in [1.54, 1.807) is 0 Å². The second kappa shape index (κ2) is 18.1. The number of hydrogen-bond donors (Lipinski definition) is 0. The van der Waals surface area contributed by atoms with Crippen LogP contribution in [0.1, 0.15) is 72.9 Å². The zero-order chi connectivity index (χ0) is 23.5. The summed E-state index contributed by atoms with van der Waals surface area (Å²) in [5, 5.41) is 2.56. The quantitative estimate of drug-likeness (QED) is 0.324. The number of pyridine rings is 2. The molecule has 2 aromatic heterocycles. The van der Waals surface area contributed by atoms with E-state index >= 15 is 0 Å². The molecule has 0 bridgehead atoms. The lowest BCUT2D eigenvalue weighted by Crippen LogP contribution is -1.84. The Balaban J connectivity index is 0.000000453. The molecule has 2 heteroatoms. The zero-order valence-corrected chi connectivity index (χ0v) is 20.9. The highest BCUT2D eigenvalue weighted by atomic mass is 14.6. The summed E-state index contributed by atoms with van der Waals surface area (Å²) in [5.41, 5.74) is 4.94. The molecule has 0 N–H and O–H groups in total. The highest BCUT2D eigenvalue weighted by molar-refractivity contribution is 5.82. The molecule has 2 nitrogen and oxygen atoms in total. The Hall–Kier alpha value is -2.74. The Morgan fingerprint density at radius 1 is 0.516 bits per heavy atom. The number of aromatic nitrogens is 2. The van der Waals surface area contributed by atoms with Gasteiger partial charge in [-0.25, -0.2) is 0 Å². The van der Waals surface area contributed by atoms with E-state index in [9.17, 15) is 0 Å². The van der Waals surface area contributed by atoms with Crippen LogP contribution in [-0.2, 0) is 12.8 Å². The first-order chi connectivity index (χ1) is 15.2. The van der Waals surface area contributed by atoms with Crippen molar-refractivity contribution in [2.45, 2.75) is 74.7 Å². The van der Waals surface area contributed by atoms with Crippen molar-refractivity contribution in [2.24, 2.45) is 0 Å². The monoisotopic (exact) mass is 418 g/mol. The maximum absolute atomic E-state index is 4.29. The molecule has 0 amide bonds. The van der Waals surface area contributed by atoms with Crippen molar-refractivity contribution in [3.63, 3.8) is 0 Å². The molecule has 2 aromatic carbocycles. The smallest absolute Gasteiger partial charge is 0.0704 e. The van der Waals surface area contributed by atoms with Crippen LogP contribution >= 0.6 is 0 Å². The third-order valence-corrected chi connectivity index (χ3v) is 4.24. The van der Waals surface area contributed by atoms with Crippen molar-refractivity contribution < 1.29 is 0 Å². The summed E-state index contributed by atoms with van der Waals surface area (Å²) in [6.45, 7) is 16.6. The molecule has 0 aliphatic rings. The van der Waals surface area contributed by atoms with Gasteiger partial charge in [0.25, 0.3) is 0 Å². The summed E-state index contributed by atoms with van der Waals surface area (Å²) in [7, 11) is 0. The lowest BCUT2D eigenvalue weighted by molar-refractivity contribution is 1.09. The van der Waals surface area contributed by atoms with Crippen LogP contribution in [0.5, 0.6) is 0 Å². The van der Waals surface area contributed by atoms with E-state index in [4.69, 9.17) is 0 Å². The Morgan fingerprint density at radius 2 is 0.968 bits per heavy atom. The van der Waals surface area contributed by atoms with Crippen molar-refractivity contribution in [3.05, 3.63) is 84.2 Å². The Kier molecular flexibility index (Phi) is 16.5. The Bertz CT molecular complexity index is 871. The van der Waals surface area contributed by atoms with Crippen LogP contribution in [0, 0.1) is 0 Å². The second-order valence-electron chi connectivity index (χ2n) is 6.39. The van der Waals surface area contributed by atoms with Gasteiger partial charge in [0, 0.05) is 23.2 Å². The fourth-order valence-electron chi connectivity index (χ4n) is 2.94. The van der Waals surface area contributed by atoms with E-state index in [1.807, 2.05) is 52.2 Å². The molecule has 0 atom stereocenters. The fourth-order valence-corrected chi connectivity index (χ4v) is 2.94. The summed E-state index contributed by atoms with van der Waals surface area (Å²) in [4.78, 5) is 8.58. The molecular formula is C29H42N2. The topological polar surface area (TPSA) is 25.8 Å². The highest BCUT2D eigenvalue weighted by Crippen LogP contribution is 2.16. The third-order valence-electron chi connectivity index (χ3n) is 4.24. The predicted octanol–water partition coefficient (Wildman–Crippen LogP) is 9.06. The van der Waals surface area contributed by atoms with E-state index in [2.05, 4.69) is 86.2 Å². The number of hydrogen-bond acceptors (Lipinski definition) is 2. The van der Waals surface area contributed by atoms with Gasteiger partial charge >= 0.3 is 0 Å². The van der Waals surface area contributed by atoms with E-state index in [0.29, 0.717) is 0 Å². The first kappa shape index (κ1) is 28.3. The fraction of sp³-hybridized carbons (Fsp3) is 0.379. The van der Waals surface area contributed by atoms with Crippen molar-refractivity contribution in [1.82, 2.24) is 9.97 Å². The molecule has 0 saturated heterocycles. The van der Waals surface area contributed by atoms with Gasteiger partial charge in [-0.2, -0.15) is 0 Å². The van der Waals surface area contributed by atoms with Crippen LogP contribution in [0.4, 0.5) is 0 Å². The minimum Gasteiger partial charge on any atom is -0.256 e. The van der Waals surface area contributed by atoms with Crippen LogP contribution < -0.4 is 0 Å². The SMILES string of the molecule is CC.CC.CCC.CCc1cccc2ncccc12.CCc1ccnc2ccccc12. The molecule has 2 heterocycles. The van der Waals surface area contributed by atoms with E-state index in [0.717, 1.165) is 23.9 Å². The molecular weight excluding hydrogens is 376 g/mol. The number of fused-ring (bicyclic) bond motifs is 2. The first-order valence-electron chi connectivity index (χ1n) is 11.9. The maximum Gasteiger partial charge on any atom is 0.0704 e. The van der Waals surface area contributed by atoms with Crippen molar-refractivity contribution in [2.75, 3.05) is 0 Å². The predicted molar refractivity (Wildman–Crippen MR) is 141 cm³/mol. The number of rotatable bonds is 2. The molecule has 168 valence electrons. The van der Waals surface area contributed by atoms with Crippen molar-refractivity contribution >= 4 is 21.8 Å². The van der Waals surface area contributed by atoms with Crippen molar-refractivity contribution in [1.29, 1.82) is 0 Å². The molecule has 4 aromatic rings. The summed E-state index contributed by atoms with van der Waals surface area (Å²) in [6, 6.07) is 20.7. The first-order valence-corrected chi connectivity index (χ1v) is 11.9. The molecule has 0 saturated carbocycles. The summed E-state index contributed by atoms with van der Waals surface area (Å²) in [6.07, 6.45) is 7.11. The molecule has 4 rings (SSSR count). The minimum absolute atomic E-state index is 1.07. The van der Waals surface area contributed by atoms with E-state index in [1.165, 1.54) is 28.3 Å². The van der Waals surface area contributed by atoms with Crippen LogP contribution in [0.3, 0.4) is 0 Å². The summed E-state index contributed by atoms with van der Waals surface area (Å²) >= 11 is 0. The van der Waals surface area contributed by atoms with Gasteiger partial charge in [-0.15, -0.1) is 0 Å². The minimum atomic E-state index is 1.07. The second-order valence-corrected chi connectivity index (χ2v) is 6.39. The van der Waals surface area contributed by atoms with E-state index < -0.39 is 0 Å². The number of benzene rings is 2. The van der Waals surface area contributed by atoms with Crippen LogP contribution in [0.25, 0.3) is 21.8 Å². The molecule has 0 fully saturated rings. The normalized spacial score (nSPS) is 9.03. The lowest BCUT2D eigenvalue weighted by Gasteiger charge is -2.01. The molecule has 31 heavy (non-hydrogen) atoms. The van der Waals surface area contributed by atoms with Gasteiger partial charge in [-0.1, -0.05) is 98.2 Å². The van der Waals surface area contributed by atoms with Gasteiger partial charge in [-0.05, 0) is 48.2 Å². The molecule has 0 aliphatic heterocycles. The largest absolute Gasteiger partial charge is 0.256 e. The van der Waals surface area contributed by atoms with Crippen molar-refractivity contribution in [3.8, 4) is 0 Å². The van der Waals surface area contributed by atoms with Gasteiger partial charge in [0.1, 0.15) is 0 Å². The summed E-state index contributed by atoms with van der Waals surface area (Å²) in [5.74, 6) is 0. The number of nitrogens with zero attached hydrogens (tertiary/aromatic N) is 2. The lowest BCUT2D eigenvalue weighted by atomic mass is 10.1. The van der Waals surface area contributed by atoms with Gasteiger partial charge in [0.05, 0.1) is 11.0 Å². The molecule has 0 radical (unpaired) electrons. The molecule has 0 aliphatic carbocycles. The summed E-state index contributed by atoms with van der Waals surface area (Å²) < 4.78 is 0. The average Bonchev–Trinajstić information content (AvgIpc) is 2.86. The van der Waals surface area contributed by atoms with Crippen LogP contribution in [-0.4, -0.2) is 9.97 Å². The number of para-hydroxylation sites is 1. The van der Waals surface area contributed by atoms with Gasteiger partial charge in [0.2, 0.25) is 0 Å². The number of aryl methyl sites for hydroxylation is 2. The molecule has 0 unspecified atom stereocenters. The van der Waals surface area contributed by atoms with E-state index in [-0.39, 0.29) is 0 Å². The third kappa shape index (κ3) is 9.29. The molecule has 0 spiro atoms. The van der Waals surface area contributed by atoms with Gasteiger partial charge < -0.3 is 0 Å². The Labute approximate surface area is 190 Å². The van der Waals surface area contributed by atoms with Crippen LogP contribution in [0.2, 0.25) is 0 Å². The van der Waals surface area contributed by atoms with Gasteiger partial charge in [-0.3, -0.25) is 9.97 Å². The van der Waals surface area contributed by atoms with Gasteiger partial charge in [0.15, 0.2) is 0 Å². The standard InChI is InChI=1S/2C11H11N.C3H8.2C2H6/c1-2-9-5-3-7-11-10(9)6-4-8-12-11;1-2-9-7-8-12-11-6-4-3-5-10(9)11;1-3-2;2*1-2/h2*3-8H,2H2,1H3;3H2,1-2H3;2*1-2H3. The Morgan fingerprint density at radius 3 is 1.55 bits per heavy atom. The highest BCUT2D eigenvalue weighted by Gasteiger charge is 1.97. The zero-order valence-electron chi connectivity index (χ0n) is 20.9. The van der Waals surface area contributed by atoms with Crippen LogP contribution in [0.15, 0.2) is 73.1 Å². The maximum atomic E-state index is 4.29. The average molecular weight is 419 g/mol.